The van der Waals surface area contributed by atoms with Crippen LogP contribution in [-0.4, -0.2) is 17.7 Å². The summed E-state index contributed by atoms with van der Waals surface area (Å²) in [7, 11) is 0. The van der Waals surface area contributed by atoms with Crippen LogP contribution in [-0.2, 0) is 4.79 Å². The molecule has 3 aromatic rings. The van der Waals surface area contributed by atoms with Crippen molar-refractivity contribution in [2.75, 3.05) is 10.2 Å². The summed E-state index contributed by atoms with van der Waals surface area (Å²) in [5, 5.41) is 6.88. The molecule has 162 valence electrons. The fourth-order valence-corrected chi connectivity index (χ4v) is 4.83. The third-order valence-corrected chi connectivity index (χ3v) is 6.47. The van der Waals surface area contributed by atoms with Gasteiger partial charge in [-0.3, -0.25) is 9.69 Å². The van der Waals surface area contributed by atoms with E-state index < -0.39 is 23.7 Å². The van der Waals surface area contributed by atoms with Crippen LogP contribution in [0.4, 0.5) is 16.2 Å². The highest BCUT2D eigenvalue weighted by molar-refractivity contribution is 6.34. The fourth-order valence-electron chi connectivity index (χ4n) is 4.48. The zero-order chi connectivity index (χ0) is 22.5. The van der Waals surface area contributed by atoms with Crippen molar-refractivity contribution < 1.29 is 14.3 Å². The molecule has 0 radical (unpaired) electrons. The highest BCUT2D eigenvalue weighted by atomic mass is 35.5. The molecular weight excluding hydrogens is 449 g/mol. The zero-order valence-electron chi connectivity index (χ0n) is 17.0. The van der Waals surface area contributed by atoms with E-state index in [1.54, 1.807) is 55.5 Å². The Bertz CT molecular complexity index is 1220. The van der Waals surface area contributed by atoms with Crippen LogP contribution in [0.2, 0.25) is 10.0 Å². The van der Waals surface area contributed by atoms with Gasteiger partial charge in [0.2, 0.25) is 11.6 Å². The molecule has 32 heavy (non-hydrogen) atoms. The second kappa shape index (κ2) is 7.73. The third kappa shape index (κ3) is 3.27. The molecule has 0 aromatic heterocycles. The predicted octanol–water partition coefficient (Wildman–Crippen LogP) is 5.63. The number of amides is 3. The Labute approximate surface area is 195 Å². The summed E-state index contributed by atoms with van der Waals surface area (Å²) in [5.41, 5.74) is 0.461. The summed E-state index contributed by atoms with van der Waals surface area (Å²) in [6.07, 6.45) is 0. The summed E-state index contributed by atoms with van der Waals surface area (Å²) in [4.78, 5) is 28.3. The number of anilines is 2. The molecule has 2 aliphatic heterocycles. The zero-order valence-corrected chi connectivity index (χ0v) is 18.5. The molecule has 2 bridgehead atoms. The van der Waals surface area contributed by atoms with Crippen LogP contribution < -0.4 is 20.3 Å². The first-order valence-electron chi connectivity index (χ1n) is 10.1. The summed E-state index contributed by atoms with van der Waals surface area (Å²) in [5.74, 6) is -0.471. The number of rotatable bonds is 3. The minimum absolute atomic E-state index is 0.300. The lowest BCUT2D eigenvalue weighted by Gasteiger charge is -2.54. The third-order valence-electron chi connectivity index (χ3n) is 5.89. The summed E-state index contributed by atoms with van der Waals surface area (Å²) >= 11 is 12.4. The van der Waals surface area contributed by atoms with Crippen molar-refractivity contribution in [2.45, 2.75) is 18.7 Å². The second-order valence-electron chi connectivity index (χ2n) is 7.88. The number of fused-ring (bicyclic) bond motifs is 4. The van der Waals surface area contributed by atoms with E-state index in [0.717, 1.165) is 5.56 Å². The van der Waals surface area contributed by atoms with Crippen LogP contribution in [0, 0.1) is 5.92 Å². The van der Waals surface area contributed by atoms with E-state index in [1.807, 2.05) is 24.3 Å². The van der Waals surface area contributed by atoms with Crippen LogP contribution in [0.1, 0.15) is 18.5 Å². The first kappa shape index (κ1) is 20.7. The van der Waals surface area contributed by atoms with E-state index in [2.05, 4.69) is 10.6 Å². The van der Waals surface area contributed by atoms with Crippen LogP contribution in [0.5, 0.6) is 5.75 Å². The number of ether oxygens (including phenoxy) is 1. The molecule has 1 fully saturated rings. The minimum atomic E-state index is -1.33. The Morgan fingerprint density at radius 3 is 2.47 bits per heavy atom. The van der Waals surface area contributed by atoms with Crippen molar-refractivity contribution in [1.29, 1.82) is 0 Å². The maximum atomic E-state index is 13.6. The van der Waals surface area contributed by atoms with Gasteiger partial charge in [0.05, 0.1) is 16.8 Å². The Kier molecular flexibility index (Phi) is 4.99. The molecular formula is C24H19Cl2N3O3. The molecule has 1 saturated heterocycles. The largest absolute Gasteiger partial charge is 0.466 e. The molecule has 6 nitrogen and oxygen atoms in total. The van der Waals surface area contributed by atoms with E-state index >= 15 is 0 Å². The average molecular weight is 468 g/mol. The molecule has 0 saturated carbocycles. The molecule has 2 aliphatic rings. The Balaban J connectivity index is 1.62. The van der Waals surface area contributed by atoms with E-state index in [0.29, 0.717) is 27.2 Å². The van der Waals surface area contributed by atoms with Gasteiger partial charge in [-0.2, -0.15) is 0 Å². The van der Waals surface area contributed by atoms with Gasteiger partial charge in [-0.05, 0) is 49.4 Å². The monoisotopic (exact) mass is 467 g/mol. The topological polar surface area (TPSA) is 70.7 Å². The lowest BCUT2D eigenvalue weighted by atomic mass is 9.78. The van der Waals surface area contributed by atoms with E-state index in [9.17, 15) is 9.59 Å². The fraction of sp³-hybridized carbons (Fsp3) is 0.167. The first-order valence-corrected chi connectivity index (χ1v) is 10.8. The quantitative estimate of drug-likeness (QED) is 0.524. The number of nitrogens with one attached hydrogen (secondary N) is 2. The number of nitrogens with zero attached hydrogens (tertiary/aromatic N) is 1. The van der Waals surface area contributed by atoms with Gasteiger partial charge in [-0.1, -0.05) is 53.5 Å². The van der Waals surface area contributed by atoms with Crippen molar-refractivity contribution in [3.05, 3.63) is 88.4 Å². The first-order chi connectivity index (χ1) is 15.4. The maximum absolute atomic E-state index is 13.6. The molecule has 5 rings (SSSR count). The van der Waals surface area contributed by atoms with Crippen molar-refractivity contribution in [3.8, 4) is 5.75 Å². The van der Waals surface area contributed by atoms with Gasteiger partial charge in [-0.25, -0.2) is 4.79 Å². The summed E-state index contributed by atoms with van der Waals surface area (Å²) < 4.78 is 6.40. The van der Waals surface area contributed by atoms with E-state index in [-0.39, 0.29) is 5.91 Å². The molecule has 3 amide bonds. The maximum Gasteiger partial charge on any atom is 0.325 e. The number of para-hydroxylation sites is 2. The Morgan fingerprint density at radius 2 is 1.72 bits per heavy atom. The smallest absolute Gasteiger partial charge is 0.325 e. The number of carbonyl (C=O) groups is 2. The highest BCUT2D eigenvalue weighted by Crippen LogP contribution is 2.50. The van der Waals surface area contributed by atoms with Gasteiger partial charge < -0.3 is 15.4 Å². The van der Waals surface area contributed by atoms with Gasteiger partial charge in [-0.15, -0.1) is 0 Å². The normalized spacial score (nSPS) is 23.6. The van der Waals surface area contributed by atoms with Gasteiger partial charge >= 0.3 is 6.03 Å². The van der Waals surface area contributed by atoms with Crippen molar-refractivity contribution in [1.82, 2.24) is 5.32 Å². The van der Waals surface area contributed by atoms with Crippen LogP contribution in [0.15, 0.2) is 72.8 Å². The van der Waals surface area contributed by atoms with Gasteiger partial charge in [0, 0.05) is 16.3 Å². The molecule has 0 unspecified atom stereocenters. The van der Waals surface area contributed by atoms with Crippen LogP contribution in [0.3, 0.4) is 0 Å². The number of hydrogen-bond acceptors (Lipinski definition) is 3. The van der Waals surface area contributed by atoms with Crippen molar-refractivity contribution in [3.63, 3.8) is 0 Å². The van der Waals surface area contributed by atoms with E-state index in [1.165, 1.54) is 4.90 Å². The van der Waals surface area contributed by atoms with Crippen LogP contribution >= 0.6 is 23.2 Å². The minimum Gasteiger partial charge on any atom is -0.466 e. The average Bonchev–Trinajstić information content (AvgIpc) is 2.76. The second-order valence-corrected chi connectivity index (χ2v) is 8.73. The molecule has 0 spiro atoms. The Morgan fingerprint density at radius 1 is 1.03 bits per heavy atom. The van der Waals surface area contributed by atoms with Gasteiger partial charge in [0.1, 0.15) is 11.7 Å². The summed E-state index contributed by atoms with van der Waals surface area (Å²) in [6, 6.07) is 20.2. The van der Waals surface area contributed by atoms with Gasteiger partial charge in [0.15, 0.2) is 0 Å². The number of hydrogen-bond donors (Lipinski definition) is 2. The SMILES string of the molecule is C[C@@]12Oc3ccccc3[C@@H](NC(=O)N1c1ccccc1Cl)[C@H]2C(=O)Nc1ccc(Cl)cc1. The number of benzene rings is 3. The molecule has 3 atom stereocenters. The molecule has 2 heterocycles. The predicted molar refractivity (Wildman–Crippen MR) is 124 cm³/mol. The number of carbonyl (C=O) groups excluding carboxylic acids is 2. The summed E-state index contributed by atoms with van der Waals surface area (Å²) in [6.45, 7) is 1.74. The molecule has 3 aromatic carbocycles. The van der Waals surface area contributed by atoms with Crippen LogP contribution in [0.25, 0.3) is 0 Å². The Hall–Kier alpha value is -3.22. The molecule has 2 N–H and O–H groups in total. The standard InChI is InChI=1S/C24H19Cl2N3O3/c1-24-20(22(30)27-15-12-10-14(25)11-13-15)21(16-6-2-5-9-19(16)32-24)28-23(31)29(24)18-8-4-3-7-17(18)26/h2-13,20-21H,1H3,(H,27,30)(H,28,31)/t20-,21+,24-/m0/s1. The lowest BCUT2D eigenvalue weighted by molar-refractivity contribution is -0.131. The van der Waals surface area contributed by atoms with E-state index in [4.69, 9.17) is 27.9 Å². The molecule has 0 aliphatic carbocycles. The van der Waals surface area contributed by atoms with Crippen molar-refractivity contribution in [2.24, 2.45) is 5.92 Å². The van der Waals surface area contributed by atoms with Gasteiger partial charge in [0.25, 0.3) is 0 Å². The number of urea groups is 1. The lowest BCUT2D eigenvalue weighted by Crippen LogP contribution is -2.72. The molecule has 8 heteroatoms. The van der Waals surface area contributed by atoms with Crippen molar-refractivity contribution >= 4 is 46.5 Å². The number of halogens is 2. The highest BCUT2D eigenvalue weighted by Gasteiger charge is 2.60.